The van der Waals surface area contributed by atoms with E-state index in [-0.39, 0.29) is 6.61 Å². The molecule has 0 aliphatic rings. The third-order valence-electron chi connectivity index (χ3n) is 1.33. The third kappa shape index (κ3) is 6.31. The molecule has 0 aliphatic carbocycles. The molecule has 4 nitrogen and oxygen atoms in total. The van der Waals surface area contributed by atoms with E-state index in [2.05, 4.69) is 6.58 Å². The zero-order valence-electron chi connectivity index (χ0n) is 8.41. The number of hydrogen-bond acceptors (Lipinski definition) is 4. The number of likely N-dealkylation sites (N-methyl/N-ethyl adjacent to an activating group) is 1. The average Bonchev–Trinajstić information content (AvgIpc) is 1.98. The molecule has 0 saturated carbocycles. The maximum atomic E-state index is 10.9. The number of nitrogens with zero attached hydrogens (tertiary/aromatic N) is 1. The Hall–Kier alpha value is -0.870. The van der Waals surface area contributed by atoms with Gasteiger partial charge in [0.1, 0.15) is 12.7 Å². The van der Waals surface area contributed by atoms with Gasteiger partial charge < -0.3 is 14.7 Å². The van der Waals surface area contributed by atoms with E-state index < -0.39 is 12.1 Å². The number of aliphatic hydroxyl groups is 1. The molecule has 0 aromatic carbocycles. The standard InChI is InChI=1S/C9H17NO3/c1-7(2)9(12)13-6-8(11)5-10(3)4/h8,11H,1,5-6H2,2-4H3. The van der Waals surface area contributed by atoms with Gasteiger partial charge in [0.05, 0.1) is 0 Å². The van der Waals surface area contributed by atoms with E-state index in [4.69, 9.17) is 4.74 Å². The molecular weight excluding hydrogens is 170 g/mol. The number of esters is 1. The minimum atomic E-state index is -0.640. The van der Waals surface area contributed by atoms with Crippen molar-refractivity contribution in [3.63, 3.8) is 0 Å². The smallest absolute Gasteiger partial charge is 0.333 e. The highest BCUT2D eigenvalue weighted by Gasteiger charge is 2.09. The van der Waals surface area contributed by atoms with Gasteiger partial charge in [0.2, 0.25) is 0 Å². The van der Waals surface area contributed by atoms with Gasteiger partial charge in [-0.25, -0.2) is 4.79 Å². The summed E-state index contributed by atoms with van der Waals surface area (Å²) in [6, 6.07) is 0. The Morgan fingerprint density at radius 1 is 1.62 bits per heavy atom. The van der Waals surface area contributed by atoms with Gasteiger partial charge in [-0.15, -0.1) is 0 Å². The Balaban J connectivity index is 3.64. The maximum Gasteiger partial charge on any atom is 0.333 e. The Bertz CT molecular complexity index is 189. The van der Waals surface area contributed by atoms with E-state index in [9.17, 15) is 9.90 Å². The van der Waals surface area contributed by atoms with Gasteiger partial charge in [-0.3, -0.25) is 0 Å². The number of carbonyl (C=O) groups excluding carboxylic acids is 1. The third-order valence-corrected chi connectivity index (χ3v) is 1.33. The van der Waals surface area contributed by atoms with Crippen molar-refractivity contribution < 1.29 is 14.6 Å². The maximum absolute atomic E-state index is 10.9. The summed E-state index contributed by atoms with van der Waals surface area (Å²) in [7, 11) is 3.67. The van der Waals surface area contributed by atoms with Crippen LogP contribution in [-0.4, -0.2) is 49.3 Å². The monoisotopic (exact) mass is 187 g/mol. The van der Waals surface area contributed by atoms with Crippen molar-refractivity contribution in [2.75, 3.05) is 27.2 Å². The fraction of sp³-hybridized carbons (Fsp3) is 0.667. The summed E-state index contributed by atoms with van der Waals surface area (Å²) in [5.41, 5.74) is 0.344. The molecule has 4 heteroatoms. The second-order valence-electron chi connectivity index (χ2n) is 3.29. The molecule has 0 aliphatic heterocycles. The van der Waals surface area contributed by atoms with Crippen LogP contribution in [0.2, 0.25) is 0 Å². The fourth-order valence-corrected chi connectivity index (χ4v) is 0.769. The summed E-state index contributed by atoms with van der Waals surface area (Å²) in [4.78, 5) is 12.7. The minimum Gasteiger partial charge on any atom is -0.460 e. The van der Waals surface area contributed by atoms with Gasteiger partial charge in [-0.05, 0) is 21.0 Å². The van der Waals surface area contributed by atoms with Crippen molar-refractivity contribution >= 4 is 5.97 Å². The number of carbonyl (C=O) groups is 1. The summed E-state index contributed by atoms with van der Waals surface area (Å²) in [6.45, 7) is 5.49. The SMILES string of the molecule is C=C(C)C(=O)OCC(O)CN(C)C. The summed E-state index contributed by atoms with van der Waals surface area (Å²) in [5, 5.41) is 9.30. The highest BCUT2D eigenvalue weighted by molar-refractivity contribution is 5.86. The molecule has 0 bridgehead atoms. The van der Waals surface area contributed by atoms with Crippen LogP contribution < -0.4 is 0 Å². The van der Waals surface area contributed by atoms with E-state index in [1.165, 1.54) is 0 Å². The van der Waals surface area contributed by atoms with E-state index >= 15 is 0 Å². The molecule has 0 aromatic heterocycles. The van der Waals surface area contributed by atoms with Crippen molar-refractivity contribution in [3.05, 3.63) is 12.2 Å². The predicted octanol–water partition coefficient (Wildman–Crippen LogP) is 0.0282. The molecule has 0 heterocycles. The molecule has 0 fully saturated rings. The van der Waals surface area contributed by atoms with Crippen molar-refractivity contribution in [1.82, 2.24) is 4.90 Å². The Morgan fingerprint density at radius 3 is 2.54 bits per heavy atom. The second-order valence-corrected chi connectivity index (χ2v) is 3.29. The number of hydrogen-bond donors (Lipinski definition) is 1. The minimum absolute atomic E-state index is 0.0177. The van der Waals surface area contributed by atoms with Crippen molar-refractivity contribution in [2.45, 2.75) is 13.0 Å². The van der Waals surface area contributed by atoms with Gasteiger partial charge in [-0.2, -0.15) is 0 Å². The topological polar surface area (TPSA) is 49.8 Å². The van der Waals surface area contributed by atoms with Crippen molar-refractivity contribution in [2.24, 2.45) is 0 Å². The zero-order chi connectivity index (χ0) is 10.4. The van der Waals surface area contributed by atoms with Crippen molar-refractivity contribution in [3.8, 4) is 0 Å². The number of rotatable bonds is 5. The lowest BCUT2D eigenvalue weighted by atomic mass is 10.3. The predicted molar refractivity (Wildman–Crippen MR) is 50.3 cm³/mol. The lowest BCUT2D eigenvalue weighted by Crippen LogP contribution is -2.30. The molecule has 0 amide bonds. The van der Waals surface area contributed by atoms with Crippen LogP contribution in [0, 0.1) is 0 Å². The van der Waals surface area contributed by atoms with Crippen LogP contribution in [0.1, 0.15) is 6.92 Å². The van der Waals surface area contributed by atoms with Gasteiger partial charge >= 0.3 is 5.97 Å². The molecule has 0 rings (SSSR count). The van der Waals surface area contributed by atoms with Crippen LogP contribution in [0.4, 0.5) is 0 Å². The van der Waals surface area contributed by atoms with Gasteiger partial charge in [-0.1, -0.05) is 6.58 Å². The Morgan fingerprint density at radius 2 is 2.15 bits per heavy atom. The van der Waals surface area contributed by atoms with E-state index in [0.717, 1.165) is 0 Å². The number of aliphatic hydroxyl groups excluding tert-OH is 1. The highest BCUT2D eigenvalue weighted by atomic mass is 16.5. The fourth-order valence-electron chi connectivity index (χ4n) is 0.769. The van der Waals surface area contributed by atoms with Crippen LogP contribution in [0.25, 0.3) is 0 Å². The Labute approximate surface area is 78.8 Å². The van der Waals surface area contributed by atoms with Crippen LogP contribution in [-0.2, 0) is 9.53 Å². The molecule has 76 valence electrons. The highest BCUT2D eigenvalue weighted by Crippen LogP contribution is 1.94. The normalized spacial score (nSPS) is 12.7. The molecule has 0 saturated heterocycles. The molecule has 0 spiro atoms. The first kappa shape index (κ1) is 12.1. The number of ether oxygens (including phenoxy) is 1. The van der Waals surface area contributed by atoms with Crippen LogP contribution >= 0.6 is 0 Å². The van der Waals surface area contributed by atoms with E-state index in [1.807, 2.05) is 19.0 Å². The summed E-state index contributed by atoms with van der Waals surface area (Å²) in [6.07, 6.45) is -0.640. The van der Waals surface area contributed by atoms with E-state index in [1.54, 1.807) is 6.92 Å². The lowest BCUT2D eigenvalue weighted by molar-refractivity contribution is -0.142. The van der Waals surface area contributed by atoms with Gasteiger partial charge in [0.25, 0.3) is 0 Å². The Kier molecular flexibility index (Phi) is 5.34. The summed E-state index contributed by atoms with van der Waals surface area (Å²) < 4.78 is 4.75. The first-order chi connectivity index (χ1) is 5.93. The molecule has 1 atom stereocenters. The van der Waals surface area contributed by atoms with Crippen LogP contribution in [0.5, 0.6) is 0 Å². The lowest BCUT2D eigenvalue weighted by Gasteiger charge is -2.15. The quantitative estimate of drug-likeness (QED) is 0.487. The second kappa shape index (κ2) is 5.72. The van der Waals surface area contributed by atoms with Gasteiger partial charge in [0.15, 0.2) is 0 Å². The molecule has 1 N–H and O–H groups in total. The summed E-state index contributed by atoms with van der Waals surface area (Å²) in [5.74, 6) is -0.460. The molecule has 13 heavy (non-hydrogen) atoms. The molecule has 0 radical (unpaired) electrons. The molecule has 1 unspecified atom stereocenters. The average molecular weight is 187 g/mol. The molecular formula is C9H17NO3. The first-order valence-electron chi connectivity index (χ1n) is 4.09. The van der Waals surface area contributed by atoms with Crippen LogP contribution in [0.15, 0.2) is 12.2 Å². The van der Waals surface area contributed by atoms with E-state index in [0.29, 0.717) is 12.1 Å². The largest absolute Gasteiger partial charge is 0.460 e. The molecule has 0 aromatic rings. The van der Waals surface area contributed by atoms with Crippen LogP contribution in [0.3, 0.4) is 0 Å². The zero-order valence-corrected chi connectivity index (χ0v) is 8.41. The van der Waals surface area contributed by atoms with Gasteiger partial charge in [0, 0.05) is 12.1 Å². The first-order valence-corrected chi connectivity index (χ1v) is 4.09. The summed E-state index contributed by atoms with van der Waals surface area (Å²) >= 11 is 0. The van der Waals surface area contributed by atoms with Crippen molar-refractivity contribution in [1.29, 1.82) is 0 Å².